The molecule has 0 amide bonds. The quantitative estimate of drug-likeness (QED) is 0.625. The molecule has 0 bridgehead atoms. The summed E-state index contributed by atoms with van der Waals surface area (Å²) < 4.78 is 0. The summed E-state index contributed by atoms with van der Waals surface area (Å²) in [5.74, 6) is 0. The summed E-state index contributed by atoms with van der Waals surface area (Å²) in [7, 11) is 0. The summed E-state index contributed by atoms with van der Waals surface area (Å²) in [4.78, 5) is 0. The first kappa shape index (κ1) is 9.53. The molecule has 0 saturated heterocycles. The van der Waals surface area contributed by atoms with Crippen LogP contribution in [0.2, 0.25) is 0 Å². The first-order valence-electron chi connectivity index (χ1n) is 4.75. The van der Waals surface area contributed by atoms with Crippen molar-refractivity contribution in [3.63, 3.8) is 0 Å². The van der Waals surface area contributed by atoms with Crippen LogP contribution in [0.1, 0.15) is 39.0 Å². The van der Waals surface area contributed by atoms with E-state index in [0.717, 1.165) is 5.57 Å². The Kier molecular flexibility index (Phi) is 3.54. The molecule has 1 heteroatoms. The minimum atomic E-state index is -0.418. The highest BCUT2D eigenvalue weighted by Crippen LogP contribution is 2.26. The van der Waals surface area contributed by atoms with Gasteiger partial charge >= 0.3 is 0 Å². The second-order valence-electron chi connectivity index (χ2n) is 3.53. The van der Waals surface area contributed by atoms with Gasteiger partial charge in [-0.2, -0.15) is 0 Å². The van der Waals surface area contributed by atoms with Crippen molar-refractivity contribution in [2.75, 3.05) is 0 Å². The lowest BCUT2D eigenvalue weighted by Gasteiger charge is -2.18. The summed E-state index contributed by atoms with van der Waals surface area (Å²) in [5, 5.41) is 9.50. The maximum Gasteiger partial charge on any atom is 0.0929 e. The van der Waals surface area contributed by atoms with Crippen LogP contribution < -0.4 is 0 Å². The van der Waals surface area contributed by atoms with Crippen LogP contribution in [0, 0.1) is 0 Å². The van der Waals surface area contributed by atoms with Crippen LogP contribution in [0.25, 0.3) is 0 Å². The fourth-order valence-electron chi connectivity index (χ4n) is 1.76. The molecular formula is C11H18O. The van der Waals surface area contributed by atoms with Gasteiger partial charge in [-0.3, -0.25) is 0 Å². The molecule has 0 aromatic rings. The second kappa shape index (κ2) is 4.46. The first-order chi connectivity index (χ1) is 5.75. The number of allylic oxidation sites excluding steroid dienone is 1. The molecule has 1 unspecified atom stereocenters. The summed E-state index contributed by atoms with van der Waals surface area (Å²) in [6, 6.07) is 0. The van der Waals surface area contributed by atoms with E-state index in [1.807, 2.05) is 6.92 Å². The summed E-state index contributed by atoms with van der Waals surface area (Å²) >= 11 is 0. The molecule has 1 saturated carbocycles. The van der Waals surface area contributed by atoms with E-state index in [2.05, 4.69) is 6.58 Å². The highest BCUT2D eigenvalue weighted by atomic mass is 16.3. The third-order valence-corrected chi connectivity index (χ3v) is 2.68. The molecule has 1 rings (SSSR count). The summed E-state index contributed by atoms with van der Waals surface area (Å²) in [5.41, 5.74) is 2.58. The van der Waals surface area contributed by atoms with E-state index >= 15 is 0 Å². The SMILES string of the molecule is C=CC(O)C(C)=C1CCCCC1. The zero-order valence-corrected chi connectivity index (χ0v) is 7.84. The first-order valence-corrected chi connectivity index (χ1v) is 4.75. The average Bonchev–Trinajstić information content (AvgIpc) is 2.17. The summed E-state index contributed by atoms with van der Waals surface area (Å²) in [6.07, 6.45) is 7.47. The highest BCUT2D eigenvalue weighted by Gasteiger charge is 2.11. The van der Waals surface area contributed by atoms with Crippen molar-refractivity contribution in [3.8, 4) is 0 Å². The Morgan fingerprint density at radius 1 is 1.42 bits per heavy atom. The lowest BCUT2D eigenvalue weighted by Crippen LogP contribution is -2.08. The zero-order chi connectivity index (χ0) is 8.97. The third-order valence-electron chi connectivity index (χ3n) is 2.68. The van der Waals surface area contributed by atoms with E-state index in [0.29, 0.717) is 0 Å². The Balaban J connectivity index is 2.65. The maximum absolute atomic E-state index is 9.50. The van der Waals surface area contributed by atoms with Crippen molar-refractivity contribution in [1.29, 1.82) is 0 Å². The monoisotopic (exact) mass is 166 g/mol. The molecule has 0 aliphatic heterocycles. The fraction of sp³-hybridized carbons (Fsp3) is 0.636. The molecule has 68 valence electrons. The van der Waals surface area contributed by atoms with Crippen LogP contribution in [0.15, 0.2) is 23.8 Å². The molecular weight excluding hydrogens is 148 g/mol. The number of aliphatic hydroxyl groups excluding tert-OH is 1. The number of rotatable bonds is 2. The predicted octanol–water partition coefficient (Wildman–Crippen LogP) is 2.81. The van der Waals surface area contributed by atoms with Crippen molar-refractivity contribution in [2.45, 2.75) is 45.1 Å². The number of hydrogen-bond donors (Lipinski definition) is 1. The fourth-order valence-corrected chi connectivity index (χ4v) is 1.76. The Labute approximate surface area is 74.8 Å². The molecule has 1 N–H and O–H groups in total. The molecule has 0 aromatic heterocycles. The van der Waals surface area contributed by atoms with E-state index in [-0.39, 0.29) is 0 Å². The van der Waals surface area contributed by atoms with E-state index in [1.54, 1.807) is 6.08 Å². The van der Waals surface area contributed by atoms with Gasteiger partial charge in [0.1, 0.15) is 0 Å². The molecule has 0 aromatic carbocycles. The molecule has 1 aliphatic rings. The van der Waals surface area contributed by atoms with Crippen LogP contribution >= 0.6 is 0 Å². The normalized spacial score (nSPS) is 20.3. The Morgan fingerprint density at radius 3 is 2.50 bits per heavy atom. The van der Waals surface area contributed by atoms with Crippen molar-refractivity contribution in [3.05, 3.63) is 23.8 Å². The lowest BCUT2D eigenvalue weighted by molar-refractivity contribution is 0.257. The van der Waals surface area contributed by atoms with Crippen LogP contribution in [-0.2, 0) is 0 Å². The largest absolute Gasteiger partial charge is 0.385 e. The average molecular weight is 166 g/mol. The van der Waals surface area contributed by atoms with E-state index in [1.165, 1.54) is 37.7 Å². The van der Waals surface area contributed by atoms with E-state index in [9.17, 15) is 5.11 Å². The van der Waals surface area contributed by atoms with Crippen LogP contribution in [-0.4, -0.2) is 11.2 Å². The minimum absolute atomic E-state index is 0.418. The minimum Gasteiger partial charge on any atom is -0.385 e. The second-order valence-corrected chi connectivity index (χ2v) is 3.53. The Bertz CT molecular complexity index is 183. The molecule has 1 aliphatic carbocycles. The van der Waals surface area contributed by atoms with Gasteiger partial charge in [0.05, 0.1) is 6.10 Å². The van der Waals surface area contributed by atoms with Crippen molar-refractivity contribution in [1.82, 2.24) is 0 Å². The van der Waals surface area contributed by atoms with Crippen molar-refractivity contribution < 1.29 is 5.11 Å². The zero-order valence-electron chi connectivity index (χ0n) is 7.84. The van der Waals surface area contributed by atoms with Gasteiger partial charge in [-0.05, 0) is 38.2 Å². The third kappa shape index (κ3) is 2.21. The molecule has 0 radical (unpaired) electrons. The predicted molar refractivity (Wildman–Crippen MR) is 52.0 cm³/mol. The maximum atomic E-state index is 9.50. The van der Waals surface area contributed by atoms with Crippen LogP contribution in [0.4, 0.5) is 0 Å². The standard InChI is InChI=1S/C11H18O/c1-3-11(12)9(2)10-7-5-4-6-8-10/h3,11-12H,1,4-8H2,2H3. The van der Waals surface area contributed by atoms with Crippen molar-refractivity contribution >= 4 is 0 Å². The van der Waals surface area contributed by atoms with Gasteiger partial charge in [0.2, 0.25) is 0 Å². The molecule has 1 nitrogen and oxygen atoms in total. The van der Waals surface area contributed by atoms with Gasteiger partial charge in [0.25, 0.3) is 0 Å². The van der Waals surface area contributed by atoms with Gasteiger partial charge in [0, 0.05) is 0 Å². The number of hydrogen-bond acceptors (Lipinski definition) is 1. The van der Waals surface area contributed by atoms with Crippen LogP contribution in [0.3, 0.4) is 0 Å². The molecule has 1 atom stereocenters. The van der Waals surface area contributed by atoms with Gasteiger partial charge in [-0.1, -0.05) is 18.1 Å². The summed E-state index contributed by atoms with van der Waals surface area (Å²) in [6.45, 7) is 5.61. The van der Waals surface area contributed by atoms with Gasteiger partial charge in [0.15, 0.2) is 0 Å². The van der Waals surface area contributed by atoms with Crippen LogP contribution in [0.5, 0.6) is 0 Å². The number of aliphatic hydroxyl groups is 1. The van der Waals surface area contributed by atoms with Crippen molar-refractivity contribution in [2.24, 2.45) is 0 Å². The topological polar surface area (TPSA) is 20.2 Å². The van der Waals surface area contributed by atoms with Gasteiger partial charge in [-0.25, -0.2) is 0 Å². The molecule has 0 spiro atoms. The molecule has 1 fully saturated rings. The molecule has 0 heterocycles. The van der Waals surface area contributed by atoms with Gasteiger partial charge < -0.3 is 5.11 Å². The highest BCUT2D eigenvalue weighted by molar-refractivity contribution is 5.20. The molecule has 12 heavy (non-hydrogen) atoms. The smallest absolute Gasteiger partial charge is 0.0929 e. The van der Waals surface area contributed by atoms with Gasteiger partial charge in [-0.15, -0.1) is 6.58 Å². The lowest BCUT2D eigenvalue weighted by atomic mass is 9.90. The van der Waals surface area contributed by atoms with E-state index < -0.39 is 6.10 Å². The van der Waals surface area contributed by atoms with E-state index in [4.69, 9.17) is 0 Å². The Hall–Kier alpha value is -0.560. The Morgan fingerprint density at radius 2 is 2.00 bits per heavy atom.